The zero-order chi connectivity index (χ0) is 12.8. The predicted octanol–water partition coefficient (Wildman–Crippen LogP) is 4.96. The molecular formula is C17H30O. The monoisotopic (exact) mass is 250 g/mol. The third-order valence-electron chi connectivity index (χ3n) is 4.76. The predicted molar refractivity (Wildman–Crippen MR) is 77.6 cm³/mol. The third-order valence-corrected chi connectivity index (χ3v) is 4.76. The summed E-state index contributed by atoms with van der Waals surface area (Å²) >= 11 is 0. The Hall–Kier alpha value is -0.300. The molecule has 0 bridgehead atoms. The SMILES string of the molecule is CCCC1C=CC(OCC2CCC(C)CC2)CC1. The second-order valence-electron chi connectivity index (χ2n) is 6.51. The molecule has 0 spiro atoms. The van der Waals surface area contributed by atoms with Crippen LogP contribution in [-0.2, 0) is 4.74 Å². The minimum atomic E-state index is 0.414. The molecule has 2 unspecified atom stereocenters. The van der Waals surface area contributed by atoms with Gasteiger partial charge in [-0.3, -0.25) is 0 Å². The second-order valence-corrected chi connectivity index (χ2v) is 6.51. The van der Waals surface area contributed by atoms with Crippen LogP contribution < -0.4 is 0 Å². The van der Waals surface area contributed by atoms with Crippen molar-refractivity contribution in [3.63, 3.8) is 0 Å². The van der Waals surface area contributed by atoms with E-state index < -0.39 is 0 Å². The molecule has 1 fully saturated rings. The molecule has 1 nitrogen and oxygen atoms in total. The number of ether oxygens (including phenoxy) is 1. The highest BCUT2D eigenvalue weighted by molar-refractivity contribution is 4.99. The fraction of sp³-hybridized carbons (Fsp3) is 0.882. The van der Waals surface area contributed by atoms with Gasteiger partial charge in [0.2, 0.25) is 0 Å². The summed E-state index contributed by atoms with van der Waals surface area (Å²) in [4.78, 5) is 0. The summed E-state index contributed by atoms with van der Waals surface area (Å²) in [6, 6.07) is 0. The Morgan fingerprint density at radius 1 is 1.00 bits per heavy atom. The maximum atomic E-state index is 6.10. The van der Waals surface area contributed by atoms with Gasteiger partial charge >= 0.3 is 0 Å². The van der Waals surface area contributed by atoms with Gasteiger partial charge in [-0.2, -0.15) is 0 Å². The quantitative estimate of drug-likeness (QED) is 0.626. The highest BCUT2D eigenvalue weighted by atomic mass is 16.5. The zero-order valence-corrected chi connectivity index (χ0v) is 12.2. The number of allylic oxidation sites excluding steroid dienone is 1. The van der Waals surface area contributed by atoms with Crippen LogP contribution in [0.2, 0.25) is 0 Å². The van der Waals surface area contributed by atoms with Gasteiger partial charge in [0.1, 0.15) is 0 Å². The first-order valence-electron chi connectivity index (χ1n) is 8.07. The maximum absolute atomic E-state index is 6.10. The summed E-state index contributed by atoms with van der Waals surface area (Å²) in [5.41, 5.74) is 0. The smallest absolute Gasteiger partial charge is 0.0756 e. The molecule has 0 aromatic heterocycles. The fourth-order valence-electron chi connectivity index (χ4n) is 3.36. The molecule has 2 aliphatic rings. The van der Waals surface area contributed by atoms with E-state index in [0.717, 1.165) is 24.4 Å². The Morgan fingerprint density at radius 2 is 1.78 bits per heavy atom. The molecule has 18 heavy (non-hydrogen) atoms. The maximum Gasteiger partial charge on any atom is 0.0756 e. The normalized spacial score (nSPS) is 36.8. The van der Waals surface area contributed by atoms with Crippen LogP contribution in [0.3, 0.4) is 0 Å². The fourth-order valence-corrected chi connectivity index (χ4v) is 3.36. The Kier molecular flexibility index (Phi) is 5.75. The van der Waals surface area contributed by atoms with E-state index in [9.17, 15) is 0 Å². The molecule has 104 valence electrons. The van der Waals surface area contributed by atoms with Gasteiger partial charge in [0.05, 0.1) is 12.7 Å². The summed E-state index contributed by atoms with van der Waals surface area (Å²) in [6.45, 7) is 5.66. The topological polar surface area (TPSA) is 9.23 Å². The van der Waals surface area contributed by atoms with Crippen LogP contribution in [0.25, 0.3) is 0 Å². The van der Waals surface area contributed by atoms with Gasteiger partial charge < -0.3 is 4.74 Å². The van der Waals surface area contributed by atoms with Crippen LogP contribution in [0.5, 0.6) is 0 Å². The van der Waals surface area contributed by atoms with Crippen LogP contribution in [0.15, 0.2) is 12.2 Å². The van der Waals surface area contributed by atoms with Crippen molar-refractivity contribution in [2.45, 2.75) is 71.3 Å². The van der Waals surface area contributed by atoms with Crippen molar-refractivity contribution in [3.8, 4) is 0 Å². The average Bonchev–Trinajstić information content (AvgIpc) is 2.40. The standard InChI is InChI=1S/C17H30O/c1-3-4-15-9-11-17(12-10-15)18-13-16-7-5-14(2)6-8-16/h9,11,14-17H,3-8,10,12-13H2,1-2H3. The van der Waals surface area contributed by atoms with Crippen LogP contribution in [-0.4, -0.2) is 12.7 Å². The van der Waals surface area contributed by atoms with E-state index in [0.29, 0.717) is 6.10 Å². The molecule has 0 N–H and O–H groups in total. The van der Waals surface area contributed by atoms with E-state index in [2.05, 4.69) is 26.0 Å². The van der Waals surface area contributed by atoms with Gasteiger partial charge in [0, 0.05) is 0 Å². The molecule has 2 rings (SSSR count). The number of rotatable bonds is 5. The number of hydrogen-bond acceptors (Lipinski definition) is 1. The van der Waals surface area contributed by atoms with Crippen molar-refractivity contribution >= 4 is 0 Å². The molecule has 0 aliphatic heterocycles. The van der Waals surface area contributed by atoms with Gasteiger partial charge in [0.25, 0.3) is 0 Å². The van der Waals surface area contributed by atoms with E-state index in [1.807, 2.05) is 0 Å². The first-order valence-corrected chi connectivity index (χ1v) is 8.07. The molecule has 0 aromatic rings. The highest BCUT2D eigenvalue weighted by Gasteiger charge is 2.21. The van der Waals surface area contributed by atoms with Gasteiger partial charge in [0.15, 0.2) is 0 Å². The van der Waals surface area contributed by atoms with E-state index in [1.165, 1.54) is 51.4 Å². The van der Waals surface area contributed by atoms with Crippen molar-refractivity contribution < 1.29 is 4.74 Å². The van der Waals surface area contributed by atoms with Crippen LogP contribution >= 0.6 is 0 Å². The van der Waals surface area contributed by atoms with Gasteiger partial charge in [-0.05, 0) is 49.9 Å². The van der Waals surface area contributed by atoms with Gasteiger partial charge in [-0.15, -0.1) is 0 Å². The van der Waals surface area contributed by atoms with Gasteiger partial charge in [-0.25, -0.2) is 0 Å². The Labute approximate surface area is 113 Å². The summed E-state index contributed by atoms with van der Waals surface area (Å²) in [6.07, 6.45) is 16.0. The highest BCUT2D eigenvalue weighted by Crippen LogP contribution is 2.29. The molecular weight excluding hydrogens is 220 g/mol. The van der Waals surface area contributed by atoms with Crippen molar-refractivity contribution in [3.05, 3.63) is 12.2 Å². The lowest BCUT2D eigenvalue weighted by atomic mass is 9.83. The Balaban J connectivity index is 1.64. The minimum Gasteiger partial charge on any atom is -0.374 e. The average molecular weight is 250 g/mol. The molecule has 2 aliphatic carbocycles. The summed E-state index contributed by atoms with van der Waals surface area (Å²) < 4.78 is 6.10. The summed E-state index contributed by atoms with van der Waals surface area (Å²) in [5.74, 6) is 2.61. The first-order chi connectivity index (χ1) is 8.78. The van der Waals surface area contributed by atoms with Crippen molar-refractivity contribution in [1.29, 1.82) is 0 Å². The molecule has 0 saturated heterocycles. The van der Waals surface area contributed by atoms with Crippen LogP contribution in [0.4, 0.5) is 0 Å². The van der Waals surface area contributed by atoms with Crippen LogP contribution in [0.1, 0.15) is 65.2 Å². The summed E-state index contributed by atoms with van der Waals surface area (Å²) in [5, 5.41) is 0. The molecule has 2 atom stereocenters. The second kappa shape index (κ2) is 7.33. The molecule has 0 heterocycles. The Bertz CT molecular complexity index is 250. The first kappa shape index (κ1) is 14.1. The molecule has 0 amide bonds. The van der Waals surface area contributed by atoms with Crippen molar-refractivity contribution in [1.82, 2.24) is 0 Å². The van der Waals surface area contributed by atoms with E-state index in [4.69, 9.17) is 4.74 Å². The van der Waals surface area contributed by atoms with E-state index in [1.54, 1.807) is 0 Å². The van der Waals surface area contributed by atoms with Crippen molar-refractivity contribution in [2.24, 2.45) is 17.8 Å². The lowest BCUT2D eigenvalue weighted by Crippen LogP contribution is -2.23. The zero-order valence-electron chi connectivity index (χ0n) is 12.2. The van der Waals surface area contributed by atoms with E-state index in [-0.39, 0.29) is 0 Å². The van der Waals surface area contributed by atoms with Crippen molar-refractivity contribution in [2.75, 3.05) is 6.61 Å². The van der Waals surface area contributed by atoms with E-state index >= 15 is 0 Å². The Morgan fingerprint density at radius 3 is 2.39 bits per heavy atom. The molecule has 0 radical (unpaired) electrons. The largest absolute Gasteiger partial charge is 0.374 e. The lowest BCUT2D eigenvalue weighted by Gasteiger charge is -2.28. The van der Waals surface area contributed by atoms with Gasteiger partial charge in [-0.1, -0.05) is 45.3 Å². The minimum absolute atomic E-state index is 0.414. The number of hydrogen-bond donors (Lipinski definition) is 0. The summed E-state index contributed by atoms with van der Waals surface area (Å²) in [7, 11) is 0. The molecule has 1 heteroatoms. The lowest BCUT2D eigenvalue weighted by molar-refractivity contribution is 0.0326. The third kappa shape index (κ3) is 4.42. The molecule has 1 saturated carbocycles. The van der Waals surface area contributed by atoms with Crippen LogP contribution in [0, 0.1) is 17.8 Å². The molecule has 0 aromatic carbocycles.